The van der Waals surface area contributed by atoms with Crippen LogP contribution in [-0.2, 0) is 12.3 Å². The van der Waals surface area contributed by atoms with Gasteiger partial charge in [-0.15, -0.1) is 16.8 Å². The molecule has 2 aromatic rings. The predicted octanol–water partition coefficient (Wildman–Crippen LogP) is 3.11. The Bertz CT molecular complexity index is 687. The van der Waals surface area contributed by atoms with E-state index in [9.17, 15) is 14.5 Å². The minimum Gasteiger partial charge on any atom is -0.302 e. The molecule has 0 spiro atoms. The van der Waals surface area contributed by atoms with Crippen molar-refractivity contribution in [2.24, 2.45) is 0 Å². The zero-order valence-corrected chi connectivity index (χ0v) is 12.1. The van der Waals surface area contributed by atoms with Gasteiger partial charge >= 0.3 is 5.69 Å². The number of hydrogen-bond donors (Lipinski definition) is 0. The molecule has 0 radical (unpaired) electrons. The first kappa shape index (κ1) is 15.2. The van der Waals surface area contributed by atoms with E-state index in [1.807, 2.05) is 11.5 Å². The number of thioether (sulfide) groups is 1. The predicted molar refractivity (Wildman–Crippen MR) is 77.6 cm³/mol. The van der Waals surface area contributed by atoms with Crippen molar-refractivity contribution in [2.45, 2.75) is 24.4 Å². The second kappa shape index (κ2) is 6.49. The third-order valence-electron chi connectivity index (χ3n) is 2.79. The maximum atomic E-state index is 13.5. The monoisotopic (exact) mass is 308 g/mol. The lowest BCUT2D eigenvalue weighted by atomic mass is 10.2. The highest BCUT2D eigenvalue weighted by Crippen LogP contribution is 2.25. The van der Waals surface area contributed by atoms with Gasteiger partial charge in [0.2, 0.25) is 5.82 Å². The molecule has 21 heavy (non-hydrogen) atoms. The molecule has 0 amide bonds. The number of aromatic nitrogens is 3. The van der Waals surface area contributed by atoms with Gasteiger partial charge in [0.05, 0.1) is 4.92 Å². The van der Waals surface area contributed by atoms with E-state index in [1.165, 1.54) is 30.0 Å². The third-order valence-corrected chi connectivity index (χ3v) is 3.83. The summed E-state index contributed by atoms with van der Waals surface area (Å²) in [7, 11) is 0. The van der Waals surface area contributed by atoms with E-state index in [2.05, 4.69) is 16.8 Å². The molecule has 1 heterocycles. The number of halogens is 1. The first-order valence-corrected chi connectivity index (χ1v) is 7.07. The summed E-state index contributed by atoms with van der Waals surface area (Å²) < 4.78 is 15.4. The lowest BCUT2D eigenvalue weighted by Crippen LogP contribution is -2.00. The Morgan fingerprint density at radius 2 is 2.29 bits per heavy atom. The zero-order chi connectivity index (χ0) is 15.4. The van der Waals surface area contributed by atoms with Crippen LogP contribution in [0.5, 0.6) is 0 Å². The molecule has 2 rings (SSSR count). The molecule has 1 aromatic carbocycles. The number of rotatable bonds is 6. The topological polar surface area (TPSA) is 73.8 Å². The summed E-state index contributed by atoms with van der Waals surface area (Å²) in [6.45, 7) is 6.11. The van der Waals surface area contributed by atoms with Crippen LogP contribution in [0.1, 0.15) is 11.4 Å². The van der Waals surface area contributed by atoms with Crippen molar-refractivity contribution in [1.82, 2.24) is 14.8 Å². The van der Waals surface area contributed by atoms with Gasteiger partial charge in [0.25, 0.3) is 0 Å². The Balaban J connectivity index is 2.11. The van der Waals surface area contributed by atoms with E-state index in [1.54, 1.807) is 6.08 Å². The van der Waals surface area contributed by atoms with Crippen molar-refractivity contribution in [3.8, 4) is 0 Å². The van der Waals surface area contributed by atoms with E-state index in [0.29, 0.717) is 23.0 Å². The molecule has 8 heteroatoms. The number of benzene rings is 1. The van der Waals surface area contributed by atoms with E-state index >= 15 is 0 Å². The lowest BCUT2D eigenvalue weighted by Gasteiger charge is -2.05. The highest BCUT2D eigenvalue weighted by Gasteiger charge is 2.14. The van der Waals surface area contributed by atoms with E-state index < -0.39 is 16.4 Å². The molecule has 0 unspecified atom stereocenters. The minimum absolute atomic E-state index is 0.449. The number of nitrogens with zero attached hydrogens (tertiary/aromatic N) is 4. The smallest absolute Gasteiger partial charge is 0.302 e. The number of nitro benzene ring substituents is 1. The molecule has 0 saturated carbocycles. The fourth-order valence-electron chi connectivity index (χ4n) is 1.74. The van der Waals surface area contributed by atoms with Gasteiger partial charge in [-0.25, -0.2) is 0 Å². The van der Waals surface area contributed by atoms with Gasteiger partial charge in [-0.1, -0.05) is 23.9 Å². The number of aryl methyl sites for hydroxylation is 1. The summed E-state index contributed by atoms with van der Waals surface area (Å²) in [5.41, 5.74) is 0.128. The van der Waals surface area contributed by atoms with Crippen LogP contribution >= 0.6 is 11.8 Å². The SMILES string of the molecule is C=CCn1c(C)nnc1SCc1ccc([N+](=O)[O-])c(F)c1. The van der Waals surface area contributed by atoms with Gasteiger partial charge in [0.1, 0.15) is 5.82 Å². The molecular weight excluding hydrogens is 295 g/mol. The molecule has 0 aliphatic rings. The maximum absolute atomic E-state index is 13.5. The van der Waals surface area contributed by atoms with E-state index in [-0.39, 0.29) is 0 Å². The Morgan fingerprint density at radius 1 is 1.52 bits per heavy atom. The molecule has 0 aliphatic heterocycles. The summed E-state index contributed by atoms with van der Waals surface area (Å²) in [5.74, 6) is 0.388. The quantitative estimate of drug-likeness (QED) is 0.355. The Labute approximate surface area is 124 Å². The molecule has 0 atom stereocenters. The van der Waals surface area contributed by atoms with Crippen molar-refractivity contribution in [2.75, 3.05) is 0 Å². The highest BCUT2D eigenvalue weighted by atomic mass is 32.2. The van der Waals surface area contributed by atoms with Crippen molar-refractivity contribution in [3.63, 3.8) is 0 Å². The van der Waals surface area contributed by atoms with Crippen LogP contribution in [0.25, 0.3) is 0 Å². The van der Waals surface area contributed by atoms with Crippen molar-refractivity contribution >= 4 is 17.4 Å². The van der Waals surface area contributed by atoms with Crippen molar-refractivity contribution in [1.29, 1.82) is 0 Å². The molecule has 6 nitrogen and oxygen atoms in total. The van der Waals surface area contributed by atoms with Gasteiger partial charge in [-0.3, -0.25) is 10.1 Å². The zero-order valence-electron chi connectivity index (χ0n) is 11.3. The van der Waals surface area contributed by atoms with Gasteiger partial charge in [0.15, 0.2) is 5.16 Å². The number of nitro groups is 1. The number of hydrogen-bond acceptors (Lipinski definition) is 5. The first-order chi connectivity index (χ1) is 10.0. The molecule has 0 aliphatic carbocycles. The molecular formula is C13H13FN4O2S. The molecule has 110 valence electrons. The Kier molecular flexibility index (Phi) is 4.69. The average molecular weight is 308 g/mol. The average Bonchev–Trinajstić information content (AvgIpc) is 2.78. The first-order valence-electron chi connectivity index (χ1n) is 6.09. The van der Waals surface area contributed by atoms with Crippen LogP contribution in [0, 0.1) is 22.9 Å². The summed E-state index contributed by atoms with van der Waals surface area (Å²) in [6.07, 6.45) is 1.74. The Morgan fingerprint density at radius 3 is 2.90 bits per heavy atom. The van der Waals surface area contributed by atoms with Crippen LogP contribution in [0.4, 0.5) is 10.1 Å². The fraction of sp³-hybridized carbons (Fsp3) is 0.231. The molecule has 0 N–H and O–H groups in total. The van der Waals surface area contributed by atoms with Crippen LogP contribution in [0.2, 0.25) is 0 Å². The maximum Gasteiger partial charge on any atom is 0.304 e. The molecule has 0 fully saturated rings. The normalized spacial score (nSPS) is 10.6. The van der Waals surface area contributed by atoms with Crippen LogP contribution < -0.4 is 0 Å². The summed E-state index contributed by atoms with van der Waals surface area (Å²) in [4.78, 5) is 9.82. The lowest BCUT2D eigenvalue weighted by molar-refractivity contribution is -0.387. The summed E-state index contributed by atoms with van der Waals surface area (Å²) in [6, 6.07) is 3.88. The largest absolute Gasteiger partial charge is 0.304 e. The standard InChI is InChI=1S/C13H13FN4O2S/c1-3-6-17-9(2)15-16-13(17)21-8-10-4-5-12(18(19)20)11(14)7-10/h3-5,7H,1,6,8H2,2H3. The molecule has 0 saturated heterocycles. The molecule has 0 bridgehead atoms. The second-order valence-corrected chi connectivity index (χ2v) is 5.20. The highest BCUT2D eigenvalue weighted by molar-refractivity contribution is 7.98. The van der Waals surface area contributed by atoms with Gasteiger partial charge in [-0.2, -0.15) is 4.39 Å². The van der Waals surface area contributed by atoms with Crippen LogP contribution in [-0.4, -0.2) is 19.7 Å². The fourth-order valence-corrected chi connectivity index (χ4v) is 2.68. The molecule has 1 aromatic heterocycles. The minimum atomic E-state index is -0.832. The summed E-state index contributed by atoms with van der Waals surface area (Å²) in [5, 5.41) is 19.3. The second-order valence-electron chi connectivity index (χ2n) is 4.26. The van der Waals surface area contributed by atoms with Crippen molar-refractivity contribution in [3.05, 3.63) is 58.2 Å². The van der Waals surface area contributed by atoms with Crippen LogP contribution in [0.15, 0.2) is 36.0 Å². The summed E-state index contributed by atoms with van der Waals surface area (Å²) >= 11 is 1.39. The number of allylic oxidation sites excluding steroid dienone is 1. The van der Waals surface area contributed by atoms with Gasteiger partial charge in [-0.05, 0) is 18.6 Å². The van der Waals surface area contributed by atoms with E-state index in [4.69, 9.17) is 0 Å². The van der Waals surface area contributed by atoms with E-state index in [0.717, 1.165) is 5.82 Å². The van der Waals surface area contributed by atoms with Crippen molar-refractivity contribution < 1.29 is 9.31 Å². The van der Waals surface area contributed by atoms with Crippen LogP contribution in [0.3, 0.4) is 0 Å². The van der Waals surface area contributed by atoms with Gasteiger partial charge < -0.3 is 4.57 Å². The Hall–Kier alpha value is -2.22. The van der Waals surface area contributed by atoms with Gasteiger partial charge in [0, 0.05) is 18.4 Å². The third kappa shape index (κ3) is 3.46.